The lowest BCUT2D eigenvalue weighted by Crippen LogP contribution is -2.16. The zero-order valence-corrected chi connectivity index (χ0v) is 12.8. The predicted octanol–water partition coefficient (Wildman–Crippen LogP) is 3.37. The maximum absolute atomic E-state index is 10.3. The van der Waals surface area contributed by atoms with Crippen LogP contribution in [0.3, 0.4) is 0 Å². The van der Waals surface area contributed by atoms with Gasteiger partial charge in [-0.05, 0) is 38.5 Å². The molecule has 2 N–H and O–H groups in total. The van der Waals surface area contributed by atoms with Gasteiger partial charge >= 0.3 is 0 Å². The Labute approximate surface area is 114 Å². The molecular formula is C12H24BrNO2S. The van der Waals surface area contributed by atoms with E-state index in [4.69, 9.17) is 5.14 Å². The van der Waals surface area contributed by atoms with Crippen molar-refractivity contribution in [3.63, 3.8) is 0 Å². The first kappa shape index (κ1) is 19.2. The summed E-state index contributed by atoms with van der Waals surface area (Å²) < 4.78 is 20.7. The Balaban J connectivity index is 0. The monoisotopic (exact) mass is 325 g/mol. The van der Waals surface area contributed by atoms with Crippen LogP contribution >= 0.6 is 15.9 Å². The van der Waals surface area contributed by atoms with Gasteiger partial charge < -0.3 is 0 Å². The summed E-state index contributed by atoms with van der Waals surface area (Å²) in [6.45, 7) is 7.13. The first-order valence-electron chi connectivity index (χ1n) is 5.76. The highest BCUT2D eigenvalue weighted by Gasteiger charge is 1.99. The number of rotatable bonds is 9. The minimum atomic E-state index is -3.24. The predicted molar refractivity (Wildman–Crippen MR) is 79.9 cm³/mol. The minimum absolute atomic E-state index is 0.0842. The van der Waals surface area contributed by atoms with Crippen LogP contribution in [0.1, 0.15) is 38.5 Å². The van der Waals surface area contributed by atoms with E-state index in [1.54, 1.807) is 6.08 Å². The van der Waals surface area contributed by atoms with Gasteiger partial charge in [-0.1, -0.05) is 28.1 Å². The molecule has 0 fully saturated rings. The molecule has 0 rings (SSSR count). The number of nitrogens with two attached hydrogens (primary N) is 1. The molecule has 5 heteroatoms. The fourth-order valence-electron chi connectivity index (χ4n) is 0.975. The Hall–Kier alpha value is -0.130. The van der Waals surface area contributed by atoms with E-state index in [1.807, 2.05) is 6.08 Å². The lowest BCUT2D eigenvalue weighted by Gasteiger charge is -1.94. The quantitative estimate of drug-likeness (QED) is 0.401. The summed E-state index contributed by atoms with van der Waals surface area (Å²) >= 11 is 3.35. The van der Waals surface area contributed by atoms with Crippen LogP contribution in [0.25, 0.3) is 0 Å². The lowest BCUT2D eigenvalue weighted by atomic mass is 10.2. The maximum atomic E-state index is 10.3. The smallest absolute Gasteiger partial charge is 0.209 e. The summed E-state index contributed by atoms with van der Waals surface area (Å²) in [7, 11) is -3.24. The van der Waals surface area contributed by atoms with Crippen molar-refractivity contribution in [2.24, 2.45) is 5.14 Å². The second-order valence-corrected chi connectivity index (χ2v) is 6.15. The number of sulfonamides is 1. The first-order chi connectivity index (χ1) is 7.97. The molecule has 0 unspecified atom stereocenters. The van der Waals surface area contributed by atoms with E-state index in [-0.39, 0.29) is 5.75 Å². The zero-order valence-electron chi connectivity index (χ0n) is 10.4. The van der Waals surface area contributed by atoms with Crippen LogP contribution in [0.2, 0.25) is 0 Å². The summed E-state index contributed by atoms with van der Waals surface area (Å²) in [5.74, 6) is 0.0842. The van der Waals surface area contributed by atoms with E-state index in [9.17, 15) is 8.42 Å². The third-order valence-electron chi connectivity index (χ3n) is 1.88. The molecule has 17 heavy (non-hydrogen) atoms. The molecular weight excluding hydrogens is 302 g/mol. The highest BCUT2D eigenvalue weighted by molar-refractivity contribution is 9.09. The summed E-state index contributed by atoms with van der Waals surface area (Å²) in [5, 5.41) is 5.89. The highest BCUT2D eigenvalue weighted by atomic mass is 79.9. The molecule has 0 saturated carbocycles. The first-order valence-corrected chi connectivity index (χ1v) is 8.59. The molecule has 0 aromatic heterocycles. The molecule has 0 atom stereocenters. The molecule has 0 heterocycles. The molecule has 0 radical (unpaired) electrons. The normalized spacial score (nSPS) is 10.2. The van der Waals surface area contributed by atoms with E-state index in [2.05, 4.69) is 29.1 Å². The third-order valence-corrected chi connectivity index (χ3v) is 3.30. The van der Waals surface area contributed by atoms with Crippen molar-refractivity contribution in [2.45, 2.75) is 38.5 Å². The van der Waals surface area contributed by atoms with Crippen molar-refractivity contribution < 1.29 is 8.42 Å². The molecule has 0 bridgehead atoms. The van der Waals surface area contributed by atoms with Gasteiger partial charge in [-0.15, -0.1) is 13.2 Å². The van der Waals surface area contributed by atoms with Crippen molar-refractivity contribution in [3.05, 3.63) is 25.3 Å². The van der Waals surface area contributed by atoms with Gasteiger partial charge in [0.25, 0.3) is 0 Å². The van der Waals surface area contributed by atoms with E-state index in [0.717, 1.165) is 24.6 Å². The summed E-state index contributed by atoms with van der Waals surface area (Å²) in [6.07, 6.45) is 9.76. The van der Waals surface area contributed by atoms with Crippen LogP contribution < -0.4 is 5.14 Å². The molecule has 0 aromatic rings. The molecule has 0 aliphatic heterocycles. The van der Waals surface area contributed by atoms with Crippen molar-refractivity contribution in [1.29, 1.82) is 0 Å². The Morgan fingerprint density at radius 1 is 1.00 bits per heavy atom. The highest BCUT2D eigenvalue weighted by Crippen LogP contribution is 1.97. The molecule has 102 valence electrons. The van der Waals surface area contributed by atoms with Crippen molar-refractivity contribution in [2.75, 3.05) is 11.1 Å². The van der Waals surface area contributed by atoms with Crippen LogP contribution in [0, 0.1) is 0 Å². The standard InChI is InChI=1S/C6H11Br.C6H13NO2S/c1-2-3-4-5-6-7;1-2-3-4-5-6-10(7,8)9/h2H,1,3-6H2;2H,1,3-6H2,(H2,7,8,9). The number of hydrogen-bond acceptors (Lipinski definition) is 2. The molecule has 3 nitrogen and oxygen atoms in total. The van der Waals surface area contributed by atoms with Crippen molar-refractivity contribution in [3.8, 4) is 0 Å². The molecule has 0 aliphatic rings. The minimum Gasteiger partial charge on any atom is -0.229 e. The average molecular weight is 326 g/mol. The third kappa shape index (κ3) is 25.8. The van der Waals surface area contributed by atoms with Crippen LogP contribution in [0.5, 0.6) is 0 Å². The zero-order chi connectivity index (χ0) is 13.6. The molecule has 0 spiro atoms. The summed E-state index contributed by atoms with van der Waals surface area (Å²) in [4.78, 5) is 0. The van der Waals surface area contributed by atoms with Gasteiger partial charge in [-0.3, -0.25) is 0 Å². The number of unbranched alkanes of at least 4 members (excludes halogenated alkanes) is 4. The van der Waals surface area contributed by atoms with Gasteiger partial charge in [0, 0.05) is 5.33 Å². The molecule has 0 amide bonds. The van der Waals surface area contributed by atoms with Gasteiger partial charge in [-0.25, -0.2) is 13.6 Å². The Morgan fingerprint density at radius 3 is 1.82 bits per heavy atom. The molecule has 0 aromatic carbocycles. The van der Waals surface area contributed by atoms with Gasteiger partial charge in [0.2, 0.25) is 10.0 Å². The maximum Gasteiger partial charge on any atom is 0.209 e. The molecule has 0 saturated heterocycles. The van der Waals surface area contributed by atoms with E-state index in [0.29, 0.717) is 6.42 Å². The van der Waals surface area contributed by atoms with Crippen LogP contribution in [0.4, 0.5) is 0 Å². The van der Waals surface area contributed by atoms with Crippen molar-refractivity contribution >= 4 is 26.0 Å². The van der Waals surface area contributed by atoms with E-state index < -0.39 is 10.0 Å². The van der Waals surface area contributed by atoms with Gasteiger partial charge in [0.05, 0.1) is 5.75 Å². The Bertz CT molecular complexity index is 276. The fraction of sp³-hybridized carbons (Fsp3) is 0.667. The van der Waals surface area contributed by atoms with E-state index >= 15 is 0 Å². The Kier molecular flexibility index (Phi) is 15.7. The number of hydrogen-bond donors (Lipinski definition) is 1. The van der Waals surface area contributed by atoms with Crippen LogP contribution in [-0.2, 0) is 10.0 Å². The summed E-state index contributed by atoms with van der Waals surface area (Å²) in [6, 6.07) is 0. The second-order valence-electron chi connectivity index (χ2n) is 3.62. The summed E-state index contributed by atoms with van der Waals surface area (Å²) in [5.41, 5.74) is 0. The van der Waals surface area contributed by atoms with Crippen molar-refractivity contribution in [1.82, 2.24) is 0 Å². The van der Waals surface area contributed by atoms with Gasteiger partial charge in [0.15, 0.2) is 0 Å². The van der Waals surface area contributed by atoms with Gasteiger partial charge in [-0.2, -0.15) is 0 Å². The van der Waals surface area contributed by atoms with Gasteiger partial charge in [0.1, 0.15) is 0 Å². The average Bonchev–Trinajstić information content (AvgIpc) is 2.25. The number of halogens is 1. The number of alkyl halides is 1. The molecule has 0 aliphatic carbocycles. The largest absolute Gasteiger partial charge is 0.229 e. The van der Waals surface area contributed by atoms with Crippen LogP contribution in [-0.4, -0.2) is 19.5 Å². The number of allylic oxidation sites excluding steroid dienone is 2. The Morgan fingerprint density at radius 2 is 1.47 bits per heavy atom. The van der Waals surface area contributed by atoms with E-state index in [1.165, 1.54) is 12.8 Å². The van der Waals surface area contributed by atoms with Crippen LogP contribution in [0.15, 0.2) is 25.3 Å². The SMILES string of the molecule is C=CCCCCBr.C=CCCCCS(N)(=O)=O. The lowest BCUT2D eigenvalue weighted by molar-refractivity contribution is 0.593. The fourth-order valence-corrected chi connectivity index (χ4v) is 1.98. The number of primary sulfonamides is 1. The second kappa shape index (κ2) is 13.9. The topological polar surface area (TPSA) is 60.2 Å².